The molecular weight excluding hydrogens is 238 g/mol. The van der Waals surface area contributed by atoms with Gasteiger partial charge in [0.1, 0.15) is 12.0 Å². The molecule has 1 aliphatic heterocycles. The molecule has 0 aromatic rings. The van der Waals surface area contributed by atoms with Crippen LogP contribution in [0.1, 0.15) is 38.5 Å². The minimum absolute atomic E-state index is 0.0480. The van der Waals surface area contributed by atoms with Crippen LogP contribution in [0.15, 0.2) is 48.7 Å². The van der Waals surface area contributed by atoms with Gasteiger partial charge < -0.3 is 10.1 Å². The summed E-state index contributed by atoms with van der Waals surface area (Å²) in [6.45, 7) is 7.82. The number of ether oxygens (including phenoxy) is 1. The molecule has 0 aromatic carbocycles. The minimum Gasteiger partial charge on any atom is -0.464 e. The zero-order valence-electron chi connectivity index (χ0n) is 11.3. The van der Waals surface area contributed by atoms with E-state index in [-0.39, 0.29) is 5.78 Å². The van der Waals surface area contributed by atoms with Crippen LogP contribution in [-0.2, 0) is 9.53 Å². The van der Waals surface area contributed by atoms with Crippen LogP contribution in [0.4, 0.5) is 0 Å². The first-order valence-electron chi connectivity index (χ1n) is 6.86. The lowest BCUT2D eigenvalue weighted by Crippen LogP contribution is -2.18. The number of nitrogens with one attached hydrogen (secondary N) is 1. The molecule has 1 N–H and O–H groups in total. The molecule has 0 saturated heterocycles. The summed E-state index contributed by atoms with van der Waals surface area (Å²) in [7, 11) is 0. The van der Waals surface area contributed by atoms with Crippen molar-refractivity contribution in [2.45, 2.75) is 38.5 Å². The van der Waals surface area contributed by atoms with Gasteiger partial charge in [-0.2, -0.15) is 0 Å². The van der Waals surface area contributed by atoms with Crippen molar-refractivity contribution < 1.29 is 9.53 Å². The van der Waals surface area contributed by atoms with E-state index in [0.717, 1.165) is 5.57 Å². The average molecular weight is 259 g/mol. The Hall–Kier alpha value is -1.77. The highest BCUT2D eigenvalue weighted by Crippen LogP contribution is 2.30. The van der Waals surface area contributed by atoms with E-state index in [1.54, 1.807) is 12.3 Å². The molecule has 3 heteroatoms. The monoisotopic (exact) mass is 259 g/mol. The maximum absolute atomic E-state index is 12.2. The summed E-state index contributed by atoms with van der Waals surface area (Å²) >= 11 is 0. The van der Waals surface area contributed by atoms with Gasteiger partial charge in [-0.25, -0.2) is 0 Å². The van der Waals surface area contributed by atoms with Crippen molar-refractivity contribution in [2.24, 2.45) is 5.92 Å². The van der Waals surface area contributed by atoms with E-state index in [1.807, 2.05) is 0 Å². The number of carbonyl (C=O) groups is 1. The first kappa shape index (κ1) is 13.7. The number of rotatable bonds is 4. The smallest absolute Gasteiger partial charge is 0.183 e. The van der Waals surface area contributed by atoms with E-state index in [0.29, 0.717) is 23.8 Å². The molecule has 0 unspecified atom stereocenters. The molecule has 1 fully saturated rings. The van der Waals surface area contributed by atoms with Gasteiger partial charge in [-0.15, -0.1) is 0 Å². The summed E-state index contributed by atoms with van der Waals surface area (Å²) in [6, 6.07) is 0. The Labute approximate surface area is 114 Å². The van der Waals surface area contributed by atoms with Crippen LogP contribution in [-0.4, -0.2) is 5.78 Å². The van der Waals surface area contributed by atoms with Gasteiger partial charge in [0.05, 0.1) is 5.70 Å². The number of hydrogen-bond acceptors (Lipinski definition) is 3. The van der Waals surface area contributed by atoms with Crippen LogP contribution < -0.4 is 5.32 Å². The molecule has 102 valence electrons. The number of carbonyl (C=O) groups excluding carboxylic acids is 1. The second-order valence-corrected chi connectivity index (χ2v) is 5.18. The van der Waals surface area contributed by atoms with Crippen LogP contribution in [0.2, 0.25) is 0 Å². The van der Waals surface area contributed by atoms with Crippen LogP contribution >= 0.6 is 0 Å². The average Bonchev–Trinajstić information content (AvgIpc) is 2.64. The van der Waals surface area contributed by atoms with E-state index in [1.165, 1.54) is 38.4 Å². The van der Waals surface area contributed by atoms with Gasteiger partial charge in [0.25, 0.3) is 0 Å². The molecular formula is C16H21NO2. The zero-order valence-corrected chi connectivity index (χ0v) is 11.3. The van der Waals surface area contributed by atoms with Gasteiger partial charge in [0.15, 0.2) is 5.78 Å². The third-order valence-electron chi connectivity index (χ3n) is 3.70. The predicted octanol–water partition coefficient (Wildman–Crippen LogP) is 3.57. The third-order valence-corrected chi connectivity index (χ3v) is 3.70. The van der Waals surface area contributed by atoms with E-state index < -0.39 is 0 Å². The Kier molecular flexibility index (Phi) is 4.61. The van der Waals surface area contributed by atoms with Crippen molar-refractivity contribution in [1.29, 1.82) is 0 Å². The van der Waals surface area contributed by atoms with Gasteiger partial charge in [0, 0.05) is 18.7 Å². The summed E-state index contributed by atoms with van der Waals surface area (Å²) in [5.74, 6) is 1.03. The molecule has 1 aliphatic carbocycles. The molecule has 1 saturated carbocycles. The second-order valence-electron chi connectivity index (χ2n) is 5.18. The fraction of sp³-hybridized carbons (Fsp3) is 0.438. The van der Waals surface area contributed by atoms with Crippen molar-refractivity contribution in [3.8, 4) is 0 Å². The van der Waals surface area contributed by atoms with Gasteiger partial charge in [0.2, 0.25) is 0 Å². The summed E-state index contributed by atoms with van der Waals surface area (Å²) in [4.78, 5) is 12.2. The van der Waals surface area contributed by atoms with E-state index in [4.69, 9.17) is 4.74 Å². The third kappa shape index (κ3) is 3.85. The normalized spacial score (nSPS) is 20.0. The maximum Gasteiger partial charge on any atom is 0.183 e. The molecule has 0 radical (unpaired) electrons. The van der Waals surface area contributed by atoms with E-state index >= 15 is 0 Å². The van der Waals surface area contributed by atoms with E-state index in [9.17, 15) is 4.79 Å². The Balaban J connectivity index is 1.94. The van der Waals surface area contributed by atoms with Crippen LogP contribution in [0.5, 0.6) is 0 Å². The van der Waals surface area contributed by atoms with Gasteiger partial charge in [-0.3, -0.25) is 4.79 Å². The quantitative estimate of drug-likeness (QED) is 0.784. The summed E-state index contributed by atoms with van der Waals surface area (Å²) < 4.78 is 5.12. The number of hydrogen-bond donors (Lipinski definition) is 1. The van der Waals surface area contributed by atoms with Crippen molar-refractivity contribution in [2.75, 3.05) is 0 Å². The lowest BCUT2D eigenvalue weighted by Gasteiger charge is -2.23. The first-order chi connectivity index (χ1) is 9.16. The molecule has 0 bridgehead atoms. The van der Waals surface area contributed by atoms with Crippen molar-refractivity contribution in [1.82, 2.24) is 5.32 Å². The first-order valence-corrected chi connectivity index (χ1v) is 6.86. The van der Waals surface area contributed by atoms with E-state index in [2.05, 4.69) is 18.5 Å². The Morgan fingerprint density at radius 2 is 2.11 bits per heavy atom. The second kappa shape index (κ2) is 6.41. The Morgan fingerprint density at radius 3 is 2.84 bits per heavy atom. The molecule has 0 aromatic heterocycles. The number of allylic oxidation sites excluding steroid dienone is 3. The minimum atomic E-state index is 0.0480. The maximum atomic E-state index is 12.2. The fourth-order valence-electron chi connectivity index (χ4n) is 2.60. The lowest BCUT2D eigenvalue weighted by molar-refractivity contribution is -0.115. The predicted molar refractivity (Wildman–Crippen MR) is 75.9 cm³/mol. The molecule has 2 rings (SSSR count). The van der Waals surface area contributed by atoms with Crippen molar-refractivity contribution >= 4 is 5.78 Å². The molecule has 0 spiro atoms. The molecule has 0 atom stereocenters. The highest BCUT2D eigenvalue weighted by atomic mass is 16.5. The fourth-order valence-corrected chi connectivity index (χ4v) is 2.60. The summed E-state index contributed by atoms with van der Waals surface area (Å²) in [5, 5.41) is 2.92. The van der Waals surface area contributed by atoms with Crippen LogP contribution in [0.25, 0.3) is 0 Å². The molecule has 0 amide bonds. The zero-order chi connectivity index (χ0) is 13.7. The van der Waals surface area contributed by atoms with Crippen molar-refractivity contribution in [3.05, 3.63) is 48.7 Å². The topological polar surface area (TPSA) is 38.3 Å². The van der Waals surface area contributed by atoms with Crippen molar-refractivity contribution in [3.63, 3.8) is 0 Å². The van der Waals surface area contributed by atoms with Gasteiger partial charge in [-0.1, -0.05) is 38.0 Å². The number of ketones is 1. The molecule has 2 aliphatic rings. The highest BCUT2D eigenvalue weighted by molar-refractivity contribution is 5.96. The largest absolute Gasteiger partial charge is 0.464 e. The standard InChI is InChI=1S/C16H21NO2/c1-12(14-6-4-3-5-7-14)10-16(18)15-11-13(2)19-9-8-17-15/h8-9,11,14,17H,1-7,10H2. The van der Waals surface area contributed by atoms with Crippen LogP contribution in [0, 0.1) is 5.92 Å². The van der Waals surface area contributed by atoms with Crippen LogP contribution in [0.3, 0.4) is 0 Å². The molecule has 3 nitrogen and oxygen atoms in total. The molecule has 19 heavy (non-hydrogen) atoms. The highest BCUT2D eigenvalue weighted by Gasteiger charge is 2.20. The summed E-state index contributed by atoms with van der Waals surface area (Å²) in [5.41, 5.74) is 1.59. The lowest BCUT2D eigenvalue weighted by atomic mass is 9.82. The molecule has 1 heterocycles. The Bertz CT molecular complexity index is 440. The summed E-state index contributed by atoms with van der Waals surface area (Å²) in [6.07, 6.45) is 11.3. The SMILES string of the molecule is C=C1C=C(C(=O)CC(=C)C2CCCCC2)NC=CO1. The van der Waals surface area contributed by atoms with Gasteiger partial charge >= 0.3 is 0 Å². The number of Topliss-reactive ketones (excluding diaryl/α,β-unsaturated/α-hetero) is 1. The van der Waals surface area contributed by atoms with Gasteiger partial charge in [-0.05, 0) is 18.8 Å². The Morgan fingerprint density at radius 1 is 1.37 bits per heavy atom.